The fourth-order valence-electron chi connectivity index (χ4n) is 10.4. The van der Waals surface area contributed by atoms with E-state index in [1.165, 1.54) is 39.7 Å². The maximum absolute atomic E-state index is 14.1. The number of carbonyl (C=O) groups is 7. The molecule has 0 saturated carbocycles. The van der Waals surface area contributed by atoms with Gasteiger partial charge in [-0.05, 0) is 55.7 Å². The van der Waals surface area contributed by atoms with E-state index >= 15 is 0 Å². The Labute approximate surface area is 509 Å². The van der Waals surface area contributed by atoms with Crippen LogP contribution >= 0.6 is 15.6 Å². The third-order valence-corrected chi connectivity index (χ3v) is 16.9. The van der Waals surface area contributed by atoms with Crippen LogP contribution in [-0.2, 0) is 72.0 Å². The van der Waals surface area contributed by atoms with Crippen LogP contribution in [-0.4, -0.2) is 176 Å². The fraction of sp³-hybridized carbons (Fsp3) is 0.510. The Morgan fingerprint density at radius 3 is 2.16 bits per heavy atom. The van der Waals surface area contributed by atoms with E-state index in [1.807, 2.05) is 0 Å². The number of hydrogen-bond acceptors (Lipinski definition) is 25. The molecule has 8 heterocycles. The number of fused-ring (bicyclic) bond motifs is 5. The highest BCUT2D eigenvalue weighted by molar-refractivity contribution is 7.47. The minimum atomic E-state index is -5.30. The second kappa shape index (κ2) is 28.6. The molecule has 15 N–H and O–H groups in total. The van der Waals surface area contributed by atoms with Gasteiger partial charge in [0.25, 0.3) is 17.4 Å². The first-order valence-electron chi connectivity index (χ1n) is 28.3. The summed E-state index contributed by atoms with van der Waals surface area (Å²) < 4.78 is 70.3. The maximum atomic E-state index is 14.1. The van der Waals surface area contributed by atoms with E-state index in [1.54, 1.807) is 26.0 Å². The van der Waals surface area contributed by atoms with Gasteiger partial charge in [-0.15, -0.1) is 0 Å². The lowest BCUT2D eigenvalue weighted by Gasteiger charge is -2.27. The summed E-state index contributed by atoms with van der Waals surface area (Å²) in [4.78, 5) is 148. The van der Waals surface area contributed by atoms with Crippen molar-refractivity contribution in [1.82, 2.24) is 65.2 Å². The number of rotatable bonds is 23. The van der Waals surface area contributed by atoms with Gasteiger partial charge in [0.15, 0.2) is 35.1 Å². The summed E-state index contributed by atoms with van der Waals surface area (Å²) >= 11 is 0. The third kappa shape index (κ3) is 16.2. The number of imidazole rings is 2. The van der Waals surface area contributed by atoms with Gasteiger partial charge in [0, 0.05) is 49.8 Å². The smallest absolute Gasteiger partial charge is 0.445 e. The molecule has 90 heavy (non-hydrogen) atoms. The summed E-state index contributed by atoms with van der Waals surface area (Å²) in [6.07, 6.45) is -4.58. The topological polar surface area (TPSA) is 528 Å². The number of aliphatic hydroxyl groups is 1. The molecule has 37 nitrogen and oxygen atoms in total. The van der Waals surface area contributed by atoms with Crippen LogP contribution in [0.25, 0.3) is 22.3 Å². The zero-order chi connectivity index (χ0) is 64.6. The van der Waals surface area contributed by atoms with Gasteiger partial charge >= 0.3 is 27.8 Å². The van der Waals surface area contributed by atoms with Crippen molar-refractivity contribution >= 4 is 97.1 Å². The predicted octanol–water partition coefficient (Wildman–Crippen LogP) is -0.272. The van der Waals surface area contributed by atoms with Gasteiger partial charge in [-0.1, -0.05) is 32.4 Å². The van der Waals surface area contributed by atoms with Gasteiger partial charge in [-0.2, -0.15) is 4.98 Å². The largest absolute Gasteiger partial charge is 0.472 e. The number of H-pyrrole nitrogens is 1. The van der Waals surface area contributed by atoms with Crippen LogP contribution in [0.2, 0.25) is 0 Å². The molecule has 8 amide bonds. The number of hydrogen-bond donors (Lipinski definition) is 12. The summed E-state index contributed by atoms with van der Waals surface area (Å²) in [6.45, 7) is 1.46. The number of urea groups is 1. The Kier molecular flexibility index (Phi) is 21.0. The van der Waals surface area contributed by atoms with Gasteiger partial charge in [-0.25, -0.2) is 38.7 Å². The van der Waals surface area contributed by atoms with E-state index in [9.17, 15) is 62.4 Å². The second-order valence-corrected chi connectivity index (χ2v) is 24.4. The molecule has 3 fully saturated rings. The lowest BCUT2D eigenvalue weighted by atomic mass is 9.94. The van der Waals surface area contributed by atoms with Crippen LogP contribution in [0.1, 0.15) is 76.8 Å². The number of nitrogens with two attached hydrogens (primary N) is 3. The van der Waals surface area contributed by atoms with Crippen molar-refractivity contribution in [2.24, 2.45) is 17.6 Å². The first-order valence-corrected chi connectivity index (χ1v) is 31.3. The molecule has 0 radical (unpaired) electrons. The van der Waals surface area contributed by atoms with E-state index in [0.29, 0.717) is 24.8 Å². The van der Waals surface area contributed by atoms with Crippen LogP contribution in [0.4, 0.5) is 27.0 Å². The fourth-order valence-corrected chi connectivity index (χ4v) is 12.3. The zero-order valence-electron chi connectivity index (χ0n) is 48.2. The van der Waals surface area contributed by atoms with Crippen molar-refractivity contribution < 1.29 is 89.9 Å². The van der Waals surface area contributed by atoms with Crippen LogP contribution in [0.15, 0.2) is 60.2 Å². The minimum absolute atomic E-state index is 0.00690. The molecule has 5 aromatic rings. The molecule has 486 valence electrons. The number of ether oxygens (including phenoxy) is 3. The molecule has 4 aliphatic rings. The average molecular weight is 1300 g/mol. The molecule has 39 heteroatoms. The molecule has 0 aliphatic carbocycles. The Bertz CT molecular complexity index is 3660. The molecular formula is C51H67N17O20P2. The number of nitrogens with one attached hydrogen (secondary N) is 6. The molecule has 1 aromatic carbocycles. The third-order valence-electron chi connectivity index (χ3n) is 14.9. The number of nitrogen functional groups attached to an aromatic ring is 2. The van der Waals surface area contributed by atoms with E-state index in [-0.39, 0.29) is 91.7 Å². The molecule has 9 rings (SSSR count). The van der Waals surface area contributed by atoms with Gasteiger partial charge in [0.1, 0.15) is 55.0 Å². The highest BCUT2D eigenvalue weighted by atomic mass is 31.2. The number of aromatic nitrogens is 8. The summed E-state index contributed by atoms with van der Waals surface area (Å²) in [6, 6.07) is 3.12. The SMILES string of the molecule is CC(C)[C@H](NC(=O)CCCCCN1C(=O)C=CC1=O)C(=O)N[C@@H](CCCNC(N)=O)C(=O)Nc1ccc(COC(=O)NCCC2[C@H]3OP(=O)(O)OC[C@H]4O[C@@H](n5cnc6c(N)ncnc65)[C@H](O)[C@@H]4OP(=O)(O)OC[C@H]2O[C@H]3n2cnc3c(=O)[nH]c(N)nc32)cc1. The Hall–Kier alpha value is -8.35. The number of benzene rings is 1. The van der Waals surface area contributed by atoms with Crippen molar-refractivity contribution in [1.29, 1.82) is 0 Å². The highest BCUT2D eigenvalue weighted by Crippen LogP contribution is 2.55. The van der Waals surface area contributed by atoms with Crippen LogP contribution < -0.4 is 49.3 Å². The second-order valence-electron chi connectivity index (χ2n) is 21.5. The highest BCUT2D eigenvalue weighted by Gasteiger charge is 2.54. The van der Waals surface area contributed by atoms with E-state index < -0.39 is 143 Å². The monoisotopic (exact) mass is 1300 g/mol. The standard InChI is InChI=1S/C51H67N17O20P2/c1-25(2)35(63-32(69)8-4-3-5-18-66-33(70)13-14-34(66)71)45(74)62-29(7-6-16-55-50(54)76)44(73)61-27-11-9-26(10-12-27)19-82-51(77)56-17-15-28-30-20-83-90(80,81)88-40-31(86-47(38(40)72)67-23-59-36-41(52)57-22-58-42(36)67)21-84-89(78,79)87-39(28)48(85-30)68-24-60-37-43(68)64-49(53)65-46(37)75/h9-14,22-25,28-31,35,38-40,47-48,72H,3-8,15-21H2,1-2H3,(H,56,77)(H,61,73)(H,62,74)(H,63,69)(H,78,79)(H,80,81)(H2,52,57,58)(H3,54,55,76)(H3,53,64,65,75)/t28?,29-,30+,31+,35-,38+,39+,40+,47+,48+/m0/s1. The molecule has 4 aliphatic heterocycles. The number of primary amides is 1. The molecular weight excluding hydrogens is 1230 g/mol. The number of aromatic amines is 1. The Morgan fingerprint density at radius 2 is 1.46 bits per heavy atom. The summed E-state index contributed by atoms with van der Waals surface area (Å²) in [7, 11) is -10.5. The zero-order valence-corrected chi connectivity index (χ0v) is 50.0. The molecule has 3 saturated heterocycles. The van der Waals surface area contributed by atoms with Gasteiger partial charge in [0.2, 0.25) is 23.7 Å². The summed E-state index contributed by atoms with van der Waals surface area (Å²) in [5.74, 6) is -4.37. The number of phosphoric ester groups is 2. The number of alkyl carbamates (subject to hydrolysis) is 1. The van der Waals surface area contributed by atoms with Crippen LogP contribution in [0.3, 0.4) is 0 Å². The Balaban J connectivity index is 0.818. The van der Waals surface area contributed by atoms with Gasteiger partial charge < -0.3 is 72.9 Å². The van der Waals surface area contributed by atoms with Crippen molar-refractivity contribution in [3.63, 3.8) is 0 Å². The molecule has 3 unspecified atom stereocenters. The quantitative estimate of drug-likeness (QED) is 0.0227. The normalized spacial score (nSPS) is 25.9. The van der Waals surface area contributed by atoms with Crippen molar-refractivity contribution in [2.45, 2.75) is 120 Å². The van der Waals surface area contributed by atoms with Crippen molar-refractivity contribution in [3.8, 4) is 0 Å². The Morgan fingerprint density at radius 1 is 0.789 bits per heavy atom. The van der Waals surface area contributed by atoms with Crippen LogP contribution in [0, 0.1) is 11.8 Å². The van der Waals surface area contributed by atoms with Crippen LogP contribution in [0.5, 0.6) is 0 Å². The molecule has 4 aromatic heterocycles. The lowest BCUT2D eigenvalue weighted by Crippen LogP contribution is -2.54. The first kappa shape index (κ1) is 66.1. The molecule has 0 spiro atoms. The predicted molar refractivity (Wildman–Crippen MR) is 309 cm³/mol. The summed E-state index contributed by atoms with van der Waals surface area (Å²) in [5.41, 5.74) is 16.9. The number of nitrogens with zero attached hydrogens (tertiary/aromatic N) is 8. The van der Waals surface area contributed by atoms with Crippen molar-refractivity contribution in [3.05, 3.63) is 71.3 Å². The lowest BCUT2D eigenvalue weighted by molar-refractivity contribution is -0.137. The molecule has 12 atom stereocenters. The van der Waals surface area contributed by atoms with Crippen molar-refractivity contribution in [2.75, 3.05) is 49.6 Å². The number of phosphoric acid groups is 2. The number of aliphatic hydroxyl groups excluding tert-OH is 1. The van der Waals surface area contributed by atoms with E-state index in [2.05, 4.69) is 56.5 Å². The number of imide groups is 1. The number of carbonyl (C=O) groups excluding carboxylic acids is 7. The van der Waals surface area contributed by atoms with E-state index in [4.69, 9.17) is 49.5 Å². The van der Waals surface area contributed by atoms with Gasteiger partial charge in [0.05, 0.1) is 32.0 Å². The maximum Gasteiger partial charge on any atom is 0.472 e. The number of anilines is 3. The van der Waals surface area contributed by atoms with E-state index in [0.717, 1.165) is 17.6 Å². The number of unbranched alkanes of at least 4 members (excludes halogenated alkanes) is 2. The summed E-state index contributed by atoms with van der Waals surface area (Å²) in [5, 5.41) is 24.7. The van der Waals surface area contributed by atoms with Gasteiger partial charge in [-0.3, -0.25) is 65.9 Å². The average Bonchev–Trinajstić information content (AvgIpc) is 1.63. The molecule has 2 bridgehead atoms. The first-order chi connectivity index (χ1) is 42.8. The number of amides is 8. The minimum Gasteiger partial charge on any atom is -0.445 e.